The number of rotatable bonds is 5. The molecule has 0 aliphatic rings. The first kappa shape index (κ1) is 13.0. The van der Waals surface area contributed by atoms with Gasteiger partial charge in [-0.05, 0) is 24.5 Å². The highest BCUT2D eigenvalue weighted by atomic mass is 35.5. The van der Waals surface area contributed by atoms with Crippen molar-refractivity contribution in [2.24, 2.45) is 0 Å². The van der Waals surface area contributed by atoms with E-state index in [4.69, 9.17) is 11.6 Å². The molecule has 0 bridgehead atoms. The Morgan fingerprint density at radius 1 is 1.38 bits per heavy atom. The Kier molecular flexibility index (Phi) is 5.33. The van der Waals surface area contributed by atoms with Gasteiger partial charge in [-0.25, -0.2) is 0 Å². The predicted molar refractivity (Wildman–Crippen MR) is 67.7 cm³/mol. The van der Waals surface area contributed by atoms with Crippen molar-refractivity contribution in [1.29, 1.82) is 0 Å². The molecule has 2 nitrogen and oxygen atoms in total. The van der Waals surface area contributed by atoms with Crippen molar-refractivity contribution in [1.82, 2.24) is 5.32 Å². The lowest BCUT2D eigenvalue weighted by atomic mass is 10.0. The molecule has 1 aromatic rings. The van der Waals surface area contributed by atoms with Gasteiger partial charge in [0.25, 0.3) is 0 Å². The van der Waals surface area contributed by atoms with E-state index in [9.17, 15) is 4.79 Å². The molecule has 16 heavy (non-hydrogen) atoms. The first-order valence-corrected chi connectivity index (χ1v) is 6.15. The van der Waals surface area contributed by atoms with E-state index >= 15 is 0 Å². The maximum Gasteiger partial charge on any atom is 0.221 e. The average molecular weight is 240 g/mol. The molecule has 0 aromatic heterocycles. The van der Waals surface area contributed by atoms with Gasteiger partial charge in [0.05, 0.1) is 6.04 Å². The maximum absolute atomic E-state index is 11.4. The van der Waals surface area contributed by atoms with Crippen LogP contribution in [-0.2, 0) is 11.2 Å². The van der Waals surface area contributed by atoms with Crippen molar-refractivity contribution in [3.8, 4) is 0 Å². The number of hydrogen-bond donors (Lipinski definition) is 1. The van der Waals surface area contributed by atoms with Gasteiger partial charge in [-0.15, -0.1) is 11.6 Å². The lowest BCUT2D eigenvalue weighted by molar-refractivity contribution is -0.121. The molecule has 0 saturated carbocycles. The second kappa shape index (κ2) is 6.54. The summed E-state index contributed by atoms with van der Waals surface area (Å²) >= 11 is 5.50. The van der Waals surface area contributed by atoms with E-state index in [0.29, 0.717) is 12.3 Å². The SMILES string of the molecule is CCc1ccc(C(C)NC(=O)CCCl)cc1. The van der Waals surface area contributed by atoms with E-state index in [1.807, 2.05) is 6.92 Å². The summed E-state index contributed by atoms with van der Waals surface area (Å²) in [7, 11) is 0. The zero-order valence-electron chi connectivity index (χ0n) is 9.79. The third-order valence-electron chi connectivity index (χ3n) is 2.59. The van der Waals surface area contributed by atoms with Crippen molar-refractivity contribution < 1.29 is 4.79 Å². The van der Waals surface area contributed by atoms with Gasteiger partial charge in [0.15, 0.2) is 0 Å². The lowest BCUT2D eigenvalue weighted by Crippen LogP contribution is -2.26. The number of hydrogen-bond acceptors (Lipinski definition) is 1. The van der Waals surface area contributed by atoms with Crippen LogP contribution in [0.5, 0.6) is 0 Å². The summed E-state index contributed by atoms with van der Waals surface area (Å²) in [6.07, 6.45) is 1.41. The number of carbonyl (C=O) groups is 1. The summed E-state index contributed by atoms with van der Waals surface area (Å²) in [5.41, 5.74) is 2.43. The molecule has 0 saturated heterocycles. The molecule has 1 amide bonds. The fourth-order valence-electron chi connectivity index (χ4n) is 1.52. The highest BCUT2D eigenvalue weighted by molar-refractivity contribution is 6.18. The van der Waals surface area contributed by atoms with Crippen LogP contribution in [0.4, 0.5) is 0 Å². The highest BCUT2D eigenvalue weighted by Crippen LogP contribution is 2.13. The van der Waals surface area contributed by atoms with Gasteiger partial charge in [-0.3, -0.25) is 4.79 Å². The molecule has 1 aromatic carbocycles. The number of halogens is 1. The first-order chi connectivity index (χ1) is 7.67. The zero-order valence-corrected chi connectivity index (χ0v) is 10.6. The Labute approximate surface area is 102 Å². The molecule has 1 rings (SSSR count). The minimum absolute atomic E-state index is 0.00191. The Morgan fingerprint density at radius 3 is 2.50 bits per heavy atom. The number of aryl methyl sites for hydroxylation is 1. The number of alkyl halides is 1. The molecular formula is C13H18ClNO. The van der Waals surface area contributed by atoms with E-state index in [0.717, 1.165) is 12.0 Å². The Bertz CT molecular complexity index is 334. The molecular weight excluding hydrogens is 222 g/mol. The van der Waals surface area contributed by atoms with Crippen molar-refractivity contribution in [2.45, 2.75) is 32.7 Å². The third-order valence-corrected chi connectivity index (χ3v) is 2.78. The van der Waals surface area contributed by atoms with Crippen LogP contribution in [0.25, 0.3) is 0 Å². The smallest absolute Gasteiger partial charge is 0.221 e. The molecule has 0 aliphatic heterocycles. The Morgan fingerprint density at radius 2 is 2.00 bits per heavy atom. The molecule has 0 heterocycles. The average Bonchev–Trinajstić information content (AvgIpc) is 2.29. The molecule has 1 N–H and O–H groups in total. The van der Waals surface area contributed by atoms with E-state index in [2.05, 4.69) is 36.5 Å². The van der Waals surface area contributed by atoms with Gasteiger partial charge in [-0.2, -0.15) is 0 Å². The molecule has 0 fully saturated rings. The molecule has 0 radical (unpaired) electrons. The van der Waals surface area contributed by atoms with Crippen LogP contribution in [0, 0.1) is 0 Å². The van der Waals surface area contributed by atoms with Crippen LogP contribution in [0.3, 0.4) is 0 Å². The third kappa shape index (κ3) is 3.86. The largest absolute Gasteiger partial charge is 0.350 e. The number of nitrogens with one attached hydrogen (secondary N) is 1. The summed E-state index contributed by atoms with van der Waals surface area (Å²) in [5, 5.41) is 2.91. The van der Waals surface area contributed by atoms with Crippen molar-refractivity contribution in [3.63, 3.8) is 0 Å². The fourth-order valence-corrected chi connectivity index (χ4v) is 1.70. The summed E-state index contributed by atoms with van der Waals surface area (Å²) in [5.74, 6) is 0.370. The van der Waals surface area contributed by atoms with Crippen molar-refractivity contribution in [2.75, 3.05) is 5.88 Å². The number of carbonyl (C=O) groups excluding carboxylic acids is 1. The van der Waals surface area contributed by atoms with Crippen LogP contribution in [0.1, 0.15) is 37.4 Å². The Hall–Kier alpha value is -1.02. The summed E-state index contributed by atoms with van der Waals surface area (Å²) in [6.45, 7) is 4.10. The van der Waals surface area contributed by atoms with E-state index in [1.165, 1.54) is 5.56 Å². The van der Waals surface area contributed by atoms with Crippen LogP contribution in [-0.4, -0.2) is 11.8 Å². The molecule has 1 unspecified atom stereocenters. The summed E-state index contributed by atoms with van der Waals surface area (Å²) < 4.78 is 0. The Balaban J connectivity index is 2.58. The number of benzene rings is 1. The first-order valence-electron chi connectivity index (χ1n) is 5.61. The quantitative estimate of drug-likeness (QED) is 0.787. The molecule has 0 aliphatic carbocycles. The van der Waals surface area contributed by atoms with Crippen LogP contribution in [0.15, 0.2) is 24.3 Å². The standard InChI is InChI=1S/C13H18ClNO/c1-3-11-4-6-12(7-5-11)10(2)15-13(16)8-9-14/h4-7,10H,3,8-9H2,1-2H3,(H,15,16). The summed E-state index contributed by atoms with van der Waals surface area (Å²) in [4.78, 5) is 11.4. The zero-order chi connectivity index (χ0) is 12.0. The highest BCUT2D eigenvalue weighted by Gasteiger charge is 2.08. The van der Waals surface area contributed by atoms with E-state index in [-0.39, 0.29) is 11.9 Å². The molecule has 88 valence electrons. The van der Waals surface area contributed by atoms with E-state index < -0.39 is 0 Å². The fraction of sp³-hybridized carbons (Fsp3) is 0.462. The summed E-state index contributed by atoms with van der Waals surface area (Å²) in [6, 6.07) is 8.36. The molecule has 3 heteroatoms. The van der Waals surface area contributed by atoms with Gasteiger partial charge in [0.1, 0.15) is 0 Å². The minimum Gasteiger partial charge on any atom is -0.350 e. The molecule has 0 spiro atoms. The van der Waals surface area contributed by atoms with Gasteiger partial charge in [0, 0.05) is 12.3 Å². The lowest BCUT2D eigenvalue weighted by Gasteiger charge is -2.14. The topological polar surface area (TPSA) is 29.1 Å². The maximum atomic E-state index is 11.4. The van der Waals surface area contributed by atoms with Gasteiger partial charge in [-0.1, -0.05) is 31.2 Å². The van der Waals surface area contributed by atoms with Gasteiger partial charge >= 0.3 is 0 Å². The van der Waals surface area contributed by atoms with E-state index in [1.54, 1.807) is 0 Å². The van der Waals surface area contributed by atoms with Crippen LogP contribution < -0.4 is 5.32 Å². The minimum atomic E-state index is 0.00191. The predicted octanol–water partition coefficient (Wildman–Crippen LogP) is 3.06. The van der Waals surface area contributed by atoms with Crippen LogP contribution in [0.2, 0.25) is 0 Å². The van der Waals surface area contributed by atoms with Gasteiger partial charge < -0.3 is 5.32 Å². The molecule has 1 atom stereocenters. The normalized spacial score (nSPS) is 12.2. The number of amides is 1. The van der Waals surface area contributed by atoms with Crippen molar-refractivity contribution >= 4 is 17.5 Å². The monoisotopic (exact) mass is 239 g/mol. The van der Waals surface area contributed by atoms with Gasteiger partial charge in [0.2, 0.25) is 5.91 Å². The van der Waals surface area contributed by atoms with Crippen molar-refractivity contribution in [3.05, 3.63) is 35.4 Å². The second-order valence-corrected chi connectivity index (χ2v) is 4.20. The second-order valence-electron chi connectivity index (χ2n) is 3.82. The van der Waals surface area contributed by atoms with Crippen LogP contribution >= 0.6 is 11.6 Å².